The van der Waals surface area contributed by atoms with Crippen LogP contribution < -0.4 is 10.6 Å². The van der Waals surface area contributed by atoms with E-state index in [-0.39, 0.29) is 6.03 Å². The first kappa shape index (κ1) is 18.5. The molecule has 0 bridgehead atoms. The predicted octanol–water partition coefficient (Wildman–Crippen LogP) is 5.09. The summed E-state index contributed by atoms with van der Waals surface area (Å²) >= 11 is 0. The van der Waals surface area contributed by atoms with E-state index < -0.39 is 5.54 Å². The van der Waals surface area contributed by atoms with Crippen molar-refractivity contribution >= 4 is 28.2 Å². The topological polar surface area (TPSA) is 73.7 Å². The van der Waals surface area contributed by atoms with E-state index in [1.54, 1.807) is 6.92 Å². The van der Waals surface area contributed by atoms with Gasteiger partial charge in [0.25, 0.3) is 0 Å². The third-order valence-corrected chi connectivity index (χ3v) is 4.59. The number of fused-ring (bicyclic) bond motifs is 1. The number of amides is 2. The zero-order valence-electron chi connectivity index (χ0n) is 15.7. The SMILES string of the molecule is C/C(=N/O)c1cccc(C(C)(C)NC(=O)Nc2ccc3ccccc3c2)c1. The lowest BCUT2D eigenvalue weighted by Gasteiger charge is -2.27. The molecular weight excluding hydrogens is 338 g/mol. The molecule has 138 valence electrons. The van der Waals surface area contributed by atoms with Crippen LogP contribution in [0.15, 0.2) is 71.9 Å². The van der Waals surface area contributed by atoms with Crippen molar-refractivity contribution in [2.75, 3.05) is 5.32 Å². The molecule has 0 heterocycles. The Morgan fingerprint density at radius 1 is 0.963 bits per heavy atom. The van der Waals surface area contributed by atoms with Gasteiger partial charge >= 0.3 is 6.03 Å². The fraction of sp³-hybridized carbons (Fsp3) is 0.182. The number of oxime groups is 1. The van der Waals surface area contributed by atoms with Crippen molar-refractivity contribution in [3.8, 4) is 0 Å². The normalized spacial score (nSPS) is 12.0. The van der Waals surface area contributed by atoms with Crippen LogP contribution in [0.2, 0.25) is 0 Å². The molecule has 0 aliphatic carbocycles. The molecule has 0 aliphatic rings. The summed E-state index contributed by atoms with van der Waals surface area (Å²) in [5, 5.41) is 20.3. The van der Waals surface area contributed by atoms with E-state index in [4.69, 9.17) is 5.21 Å². The van der Waals surface area contributed by atoms with Crippen molar-refractivity contribution in [3.63, 3.8) is 0 Å². The first-order valence-electron chi connectivity index (χ1n) is 8.76. The lowest BCUT2D eigenvalue weighted by molar-refractivity contribution is 0.242. The molecule has 3 rings (SSSR count). The van der Waals surface area contributed by atoms with Gasteiger partial charge in [0.05, 0.1) is 11.3 Å². The average molecular weight is 361 g/mol. The molecule has 0 aliphatic heterocycles. The molecule has 3 N–H and O–H groups in total. The molecular formula is C22H23N3O2. The molecule has 0 atom stereocenters. The van der Waals surface area contributed by atoms with E-state index in [0.717, 1.165) is 27.6 Å². The number of anilines is 1. The Morgan fingerprint density at radius 3 is 2.44 bits per heavy atom. The van der Waals surface area contributed by atoms with E-state index in [1.165, 1.54) is 0 Å². The maximum Gasteiger partial charge on any atom is 0.319 e. The third-order valence-electron chi connectivity index (χ3n) is 4.59. The van der Waals surface area contributed by atoms with Gasteiger partial charge in [0.15, 0.2) is 0 Å². The summed E-state index contributed by atoms with van der Waals surface area (Å²) in [5.74, 6) is 0. The Hall–Kier alpha value is -3.34. The molecule has 3 aromatic carbocycles. The van der Waals surface area contributed by atoms with Crippen LogP contribution >= 0.6 is 0 Å². The summed E-state index contributed by atoms with van der Waals surface area (Å²) < 4.78 is 0. The van der Waals surface area contributed by atoms with Crippen LogP contribution in [0.1, 0.15) is 31.9 Å². The van der Waals surface area contributed by atoms with Crippen LogP contribution in [0.3, 0.4) is 0 Å². The molecule has 27 heavy (non-hydrogen) atoms. The lowest BCUT2D eigenvalue weighted by Crippen LogP contribution is -2.43. The van der Waals surface area contributed by atoms with E-state index in [0.29, 0.717) is 5.71 Å². The van der Waals surface area contributed by atoms with E-state index in [9.17, 15) is 4.79 Å². The van der Waals surface area contributed by atoms with Crippen LogP contribution in [0, 0.1) is 0 Å². The van der Waals surface area contributed by atoms with Gasteiger partial charge in [-0.25, -0.2) is 4.79 Å². The van der Waals surface area contributed by atoms with Crippen LogP contribution in [0.4, 0.5) is 10.5 Å². The van der Waals surface area contributed by atoms with E-state index >= 15 is 0 Å². The minimum atomic E-state index is -0.604. The number of nitrogens with zero attached hydrogens (tertiary/aromatic N) is 1. The highest BCUT2D eigenvalue weighted by Gasteiger charge is 2.23. The number of carbonyl (C=O) groups is 1. The highest BCUT2D eigenvalue weighted by molar-refractivity contribution is 5.98. The first-order valence-corrected chi connectivity index (χ1v) is 8.76. The summed E-state index contributed by atoms with van der Waals surface area (Å²) in [6.45, 7) is 5.58. The van der Waals surface area contributed by atoms with Gasteiger partial charge in [-0.2, -0.15) is 0 Å². The minimum absolute atomic E-state index is 0.284. The fourth-order valence-corrected chi connectivity index (χ4v) is 2.98. The van der Waals surface area contributed by atoms with Gasteiger partial charge in [0, 0.05) is 5.69 Å². The van der Waals surface area contributed by atoms with Crippen molar-refractivity contribution in [3.05, 3.63) is 77.9 Å². The highest BCUT2D eigenvalue weighted by atomic mass is 16.4. The van der Waals surface area contributed by atoms with Gasteiger partial charge in [-0.1, -0.05) is 53.7 Å². The van der Waals surface area contributed by atoms with Gasteiger partial charge in [-0.05, 0) is 60.9 Å². The zero-order chi connectivity index (χ0) is 19.4. The second-order valence-electron chi connectivity index (χ2n) is 7.03. The quantitative estimate of drug-likeness (QED) is 0.344. The zero-order valence-corrected chi connectivity index (χ0v) is 15.7. The second-order valence-corrected chi connectivity index (χ2v) is 7.03. The molecule has 0 fully saturated rings. The number of rotatable bonds is 4. The van der Waals surface area contributed by atoms with Crippen LogP contribution in [-0.2, 0) is 5.54 Å². The molecule has 0 saturated heterocycles. The van der Waals surface area contributed by atoms with E-state index in [1.807, 2.05) is 80.6 Å². The lowest BCUT2D eigenvalue weighted by atomic mass is 9.92. The van der Waals surface area contributed by atoms with Crippen LogP contribution in [0.5, 0.6) is 0 Å². The van der Waals surface area contributed by atoms with Crippen molar-refractivity contribution in [2.24, 2.45) is 5.16 Å². The minimum Gasteiger partial charge on any atom is -0.411 e. The fourth-order valence-electron chi connectivity index (χ4n) is 2.98. The Kier molecular flexibility index (Phi) is 5.12. The van der Waals surface area contributed by atoms with Crippen LogP contribution in [-0.4, -0.2) is 17.0 Å². The summed E-state index contributed by atoms with van der Waals surface area (Å²) in [6, 6.07) is 21.1. The Labute approximate surface area is 158 Å². The summed E-state index contributed by atoms with van der Waals surface area (Å²) in [6.07, 6.45) is 0. The highest BCUT2D eigenvalue weighted by Crippen LogP contribution is 2.23. The molecule has 2 amide bonds. The largest absolute Gasteiger partial charge is 0.411 e. The second kappa shape index (κ2) is 7.50. The van der Waals surface area contributed by atoms with Crippen molar-refractivity contribution < 1.29 is 10.0 Å². The molecule has 0 radical (unpaired) electrons. The van der Waals surface area contributed by atoms with Gasteiger partial charge in [0.2, 0.25) is 0 Å². The summed E-state index contributed by atoms with van der Waals surface area (Å²) in [5.41, 5.74) is 2.37. The number of urea groups is 1. The maximum atomic E-state index is 12.5. The molecule has 5 heteroatoms. The van der Waals surface area contributed by atoms with E-state index in [2.05, 4.69) is 15.8 Å². The Balaban J connectivity index is 1.75. The van der Waals surface area contributed by atoms with Gasteiger partial charge in [-0.15, -0.1) is 0 Å². The van der Waals surface area contributed by atoms with Crippen molar-refractivity contribution in [1.82, 2.24) is 5.32 Å². The van der Waals surface area contributed by atoms with Gasteiger partial charge in [-0.3, -0.25) is 0 Å². The Morgan fingerprint density at radius 2 is 1.70 bits per heavy atom. The third kappa shape index (κ3) is 4.26. The number of nitrogens with one attached hydrogen (secondary N) is 2. The average Bonchev–Trinajstić information content (AvgIpc) is 2.67. The van der Waals surface area contributed by atoms with Gasteiger partial charge in [0.1, 0.15) is 0 Å². The van der Waals surface area contributed by atoms with Crippen molar-refractivity contribution in [2.45, 2.75) is 26.3 Å². The number of carbonyl (C=O) groups excluding carboxylic acids is 1. The molecule has 0 aromatic heterocycles. The monoisotopic (exact) mass is 361 g/mol. The Bertz CT molecular complexity index is 1010. The summed E-state index contributed by atoms with van der Waals surface area (Å²) in [4.78, 5) is 12.5. The maximum absolute atomic E-state index is 12.5. The number of benzene rings is 3. The molecule has 0 saturated carbocycles. The van der Waals surface area contributed by atoms with Crippen LogP contribution in [0.25, 0.3) is 10.8 Å². The molecule has 0 unspecified atom stereocenters. The molecule has 3 aromatic rings. The molecule has 5 nitrogen and oxygen atoms in total. The summed E-state index contributed by atoms with van der Waals surface area (Å²) in [7, 11) is 0. The van der Waals surface area contributed by atoms with Crippen molar-refractivity contribution in [1.29, 1.82) is 0 Å². The van der Waals surface area contributed by atoms with Gasteiger partial charge < -0.3 is 15.8 Å². The smallest absolute Gasteiger partial charge is 0.319 e. The number of hydrogen-bond acceptors (Lipinski definition) is 3. The standard InChI is InChI=1S/C22H23N3O2/c1-15(25-27)17-9-6-10-19(13-17)22(2,3)24-21(26)23-20-12-11-16-7-4-5-8-18(16)14-20/h4-14,27H,1-3H3,(H2,23,24,26)/b25-15-. The predicted molar refractivity (Wildman–Crippen MR) is 110 cm³/mol. The first-order chi connectivity index (χ1) is 12.9. The molecule has 0 spiro atoms. The number of hydrogen-bond donors (Lipinski definition) is 3.